The van der Waals surface area contributed by atoms with E-state index in [9.17, 15) is 4.79 Å². The summed E-state index contributed by atoms with van der Waals surface area (Å²) in [5.41, 5.74) is 5.78. The number of rotatable bonds is 4. The van der Waals surface area contributed by atoms with E-state index >= 15 is 0 Å². The average molecular weight is 329 g/mol. The first-order valence-corrected chi connectivity index (χ1v) is 8.43. The Morgan fingerprint density at radius 3 is 2.84 bits per heavy atom. The maximum atomic E-state index is 11.6. The quantitative estimate of drug-likeness (QED) is 0.786. The van der Waals surface area contributed by atoms with E-state index in [0.29, 0.717) is 6.42 Å². The minimum Gasteiger partial charge on any atom is -0.326 e. The molecule has 1 aromatic heterocycles. The second kappa shape index (κ2) is 6.77. The van der Waals surface area contributed by atoms with Gasteiger partial charge in [-0.2, -0.15) is 0 Å². The van der Waals surface area contributed by atoms with Gasteiger partial charge < -0.3 is 9.88 Å². The lowest BCUT2D eigenvalue weighted by atomic mass is 9.94. The number of anilines is 1. The fraction of sp³-hybridized carbons (Fsp3) is 0.143. The first-order chi connectivity index (χ1) is 12.3. The van der Waals surface area contributed by atoms with Crippen LogP contribution in [0.25, 0.3) is 11.8 Å². The molecule has 0 radical (unpaired) electrons. The molecule has 2 heterocycles. The van der Waals surface area contributed by atoms with E-state index in [2.05, 4.69) is 52.9 Å². The van der Waals surface area contributed by atoms with E-state index in [4.69, 9.17) is 0 Å². The van der Waals surface area contributed by atoms with E-state index < -0.39 is 0 Å². The Morgan fingerprint density at radius 1 is 1.16 bits per heavy atom. The maximum Gasteiger partial charge on any atom is 0.224 e. The molecule has 0 bridgehead atoms. The molecule has 1 amide bonds. The molecular formula is C21H19N3O. The van der Waals surface area contributed by atoms with Gasteiger partial charge in [0, 0.05) is 30.7 Å². The summed E-state index contributed by atoms with van der Waals surface area (Å²) in [7, 11) is 0. The Kier molecular flexibility index (Phi) is 4.17. The summed E-state index contributed by atoms with van der Waals surface area (Å²) in [6, 6.07) is 16.7. The molecule has 0 aliphatic carbocycles. The first-order valence-electron chi connectivity index (χ1n) is 8.43. The molecular weight excluding hydrogens is 310 g/mol. The van der Waals surface area contributed by atoms with Gasteiger partial charge in [-0.25, -0.2) is 4.98 Å². The van der Waals surface area contributed by atoms with Gasteiger partial charge in [0.25, 0.3) is 0 Å². The van der Waals surface area contributed by atoms with E-state index in [1.807, 2.05) is 22.9 Å². The highest BCUT2D eigenvalue weighted by Gasteiger charge is 2.16. The molecule has 4 nitrogen and oxygen atoms in total. The second-order valence-corrected chi connectivity index (χ2v) is 6.25. The van der Waals surface area contributed by atoms with Crippen molar-refractivity contribution < 1.29 is 4.79 Å². The van der Waals surface area contributed by atoms with E-state index in [1.165, 1.54) is 22.3 Å². The predicted molar refractivity (Wildman–Crippen MR) is 99.9 cm³/mol. The number of aryl methyl sites for hydroxylation is 1. The molecule has 0 saturated heterocycles. The molecule has 124 valence electrons. The van der Waals surface area contributed by atoms with Gasteiger partial charge in [-0.05, 0) is 47.2 Å². The first kappa shape index (κ1) is 15.4. The van der Waals surface area contributed by atoms with Crippen molar-refractivity contribution in [3.8, 4) is 0 Å². The van der Waals surface area contributed by atoms with Crippen LogP contribution in [0.5, 0.6) is 0 Å². The number of benzene rings is 2. The normalized spacial score (nSPS) is 14.1. The summed E-state index contributed by atoms with van der Waals surface area (Å²) in [5.74, 6) is 0.0960. The average Bonchev–Trinajstić information content (AvgIpc) is 3.15. The SMILES string of the molecule is O=C1CCc2cc(/C(=C/n3ccnc3)Cc3ccccc3)ccc2N1. The number of aromatic nitrogens is 2. The Balaban J connectivity index is 1.72. The summed E-state index contributed by atoms with van der Waals surface area (Å²) in [6.07, 6.45) is 9.80. The number of fused-ring (bicyclic) bond motifs is 1. The zero-order valence-electron chi connectivity index (χ0n) is 13.9. The highest BCUT2D eigenvalue weighted by atomic mass is 16.1. The minimum atomic E-state index is 0.0960. The predicted octanol–water partition coefficient (Wildman–Crippen LogP) is 4.01. The highest BCUT2D eigenvalue weighted by molar-refractivity contribution is 5.94. The van der Waals surface area contributed by atoms with Crippen molar-refractivity contribution in [2.45, 2.75) is 19.3 Å². The van der Waals surface area contributed by atoms with Crippen molar-refractivity contribution in [1.29, 1.82) is 0 Å². The van der Waals surface area contributed by atoms with E-state index in [-0.39, 0.29) is 5.91 Å². The number of allylic oxidation sites excluding steroid dienone is 1. The number of amides is 1. The van der Waals surface area contributed by atoms with Gasteiger partial charge in [0.2, 0.25) is 5.91 Å². The van der Waals surface area contributed by atoms with Crippen LogP contribution < -0.4 is 5.32 Å². The van der Waals surface area contributed by atoms with Gasteiger partial charge in [-0.15, -0.1) is 0 Å². The maximum absolute atomic E-state index is 11.6. The van der Waals surface area contributed by atoms with E-state index in [0.717, 1.165) is 18.5 Å². The zero-order chi connectivity index (χ0) is 17.1. The van der Waals surface area contributed by atoms with Crippen LogP contribution in [0.15, 0.2) is 67.3 Å². The lowest BCUT2D eigenvalue weighted by Crippen LogP contribution is -2.18. The van der Waals surface area contributed by atoms with Crippen LogP contribution in [0.1, 0.15) is 23.1 Å². The van der Waals surface area contributed by atoms with Crippen LogP contribution in [-0.2, 0) is 17.6 Å². The molecule has 2 aromatic carbocycles. The number of carbonyl (C=O) groups excluding carboxylic acids is 1. The zero-order valence-corrected chi connectivity index (χ0v) is 13.9. The number of nitrogens with one attached hydrogen (secondary N) is 1. The summed E-state index contributed by atoms with van der Waals surface area (Å²) < 4.78 is 1.97. The largest absolute Gasteiger partial charge is 0.326 e. The van der Waals surface area contributed by atoms with Crippen LogP contribution in [0.3, 0.4) is 0 Å². The van der Waals surface area contributed by atoms with Crippen LogP contribution in [-0.4, -0.2) is 15.5 Å². The van der Waals surface area contributed by atoms with E-state index in [1.54, 1.807) is 12.5 Å². The molecule has 0 spiro atoms. The van der Waals surface area contributed by atoms with Crippen LogP contribution in [0, 0.1) is 0 Å². The second-order valence-electron chi connectivity index (χ2n) is 6.25. The Labute approximate surface area is 146 Å². The van der Waals surface area contributed by atoms with Crippen molar-refractivity contribution in [3.05, 3.63) is 83.9 Å². The molecule has 4 heteroatoms. The fourth-order valence-electron chi connectivity index (χ4n) is 3.15. The number of nitrogens with zero attached hydrogens (tertiary/aromatic N) is 2. The molecule has 0 saturated carbocycles. The van der Waals surface area contributed by atoms with Gasteiger partial charge in [0.05, 0.1) is 6.33 Å². The summed E-state index contributed by atoms with van der Waals surface area (Å²) in [5, 5.41) is 2.95. The molecule has 4 rings (SSSR count). The van der Waals surface area contributed by atoms with Gasteiger partial charge in [-0.1, -0.05) is 36.4 Å². The van der Waals surface area contributed by atoms with Crippen molar-refractivity contribution in [2.24, 2.45) is 0 Å². The third-order valence-corrected chi connectivity index (χ3v) is 4.44. The molecule has 3 aromatic rings. The summed E-state index contributed by atoms with van der Waals surface area (Å²) in [6.45, 7) is 0. The number of carbonyl (C=O) groups is 1. The smallest absolute Gasteiger partial charge is 0.224 e. The molecule has 1 aliphatic rings. The third-order valence-electron chi connectivity index (χ3n) is 4.44. The van der Waals surface area contributed by atoms with Crippen LogP contribution >= 0.6 is 0 Å². The van der Waals surface area contributed by atoms with Gasteiger partial charge in [0.1, 0.15) is 0 Å². The van der Waals surface area contributed by atoms with Gasteiger partial charge in [-0.3, -0.25) is 4.79 Å². The standard InChI is InChI=1S/C21H19N3O/c25-21-9-7-18-13-17(6-8-20(18)23-21)19(14-24-11-10-22-15-24)12-16-4-2-1-3-5-16/h1-6,8,10-11,13-15H,7,9,12H2,(H,23,25)/b19-14+. The minimum absolute atomic E-state index is 0.0960. The van der Waals surface area contributed by atoms with Crippen molar-refractivity contribution in [2.75, 3.05) is 5.32 Å². The van der Waals surface area contributed by atoms with Crippen LogP contribution in [0.2, 0.25) is 0 Å². The topological polar surface area (TPSA) is 46.9 Å². The number of hydrogen-bond donors (Lipinski definition) is 1. The monoisotopic (exact) mass is 329 g/mol. The molecule has 25 heavy (non-hydrogen) atoms. The highest BCUT2D eigenvalue weighted by Crippen LogP contribution is 2.28. The fourth-order valence-corrected chi connectivity index (χ4v) is 3.15. The van der Waals surface area contributed by atoms with Crippen molar-refractivity contribution in [3.63, 3.8) is 0 Å². The van der Waals surface area contributed by atoms with Gasteiger partial charge in [0.15, 0.2) is 0 Å². The van der Waals surface area contributed by atoms with Gasteiger partial charge >= 0.3 is 0 Å². The lowest BCUT2D eigenvalue weighted by Gasteiger charge is -2.18. The molecule has 0 atom stereocenters. The number of imidazole rings is 1. The Bertz CT molecular complexity index is 912. The molecule has 0 fully saturated rings. The van der Waals surface area contributed by atoms with Crippen molar-refractivity contribution >= 4 is 23.4 Å². The Morgan fingerprint density at radius 2 is 2.04 bits per heavy atom. The molecule has 0 unspecified atom stereocenters. The summed E-state index contributed by atoms with van der Waals surface area (Å²) >= 11 is 0. The van der Waals surface area contributed by atoms with Crippen molar-refractivity contribution in [1.82, 2.24) is 9.55 Å². The number of hydrogen-bond acceptors (Lipinski definition) is 2. The molecule has 1 N–H and O–H groups in total. The molecule has 1 aliphatic heterocycles. The summed E-state index contributed by atoms with van der Waals surface area (Å²) in [4.78, 5) is 15.7. The third kappa shape index (κ3) is 3.53. The lowest BCUT2D eigenvalue weighted by molar-refractivity contribution is -0.116. The Hall–Kier alpha value is -3.14. The van der Waals surface area contributed by atoms with Crippen LogP contribution in [0.4, 0.5) is 5.69 Å².